The number of carbonyl (C=O) groups is 2. The second-order valence-corrected chi connectivity index (χ2v) is 8.79. The molecule has 1 fully saturated rings. The molecule has 0 radical (unpaired) electrons. The Labute approximate surface area is 162 Å². The minimum absolute atomic E-state index is 0.111. The number of esters is 2. The van der Waals surface area contributed by atoms with Gasteiger partial charge in [0.25, 0.3) is 0 Å². The molecule has 28 heavy (non-hydrogen) atoms. The van der Waals surface area contributed by atoms with Crippen LogP contribution in [-0.4, -0.2) is 44.9 Å². The first-order valence-electron chi connectivity index (χ1n) is 8.89. The molecule has 146 valence electrons. The van der Waals surface area contributed by atoms with E-state index < -0.39 is 21.6 Å². The summed E-state index contributed by atoms with van der Waals surface area (Å²) in [5, 5.41) is 0. The third-order valence-electron chi connectivity index (χ3n) is 5.37. The van der Waals surface area contributed by atoms with Crippen LogP contribution in [0.15, 0.2) is 53.4 Å². The second-order valence-electron chi connectivity index (χ2n) is 6.85. The summed E-state index contributed by atoms with van der Waals surface area (Å²) < 4.78 is 37.6. The number of benzene rings is 2. The van der Waals surface area contributed by atoms with Crippen molar-refractivity contribution < 1.29 is 27.5 Å². The Morgan fingerprint density at radius 2 is 1.71 bits per heavy atom. The number of fused-ring (bicyclic) bond motifs is 2. The van der Waals surface area contributed by atoms with E-state index >= 15 is 0 Å². The molecule has 1 saturated heterocycles. The van der Waals surface area contributed by atoms with Gasteiger partial charge in [0.1, 0.15) is 5.60 Å². The van der Waals surface area contributed by atoms with Crippen LogP contribution in [0.1, 0.15) is 39.1 Å². The normalized spacial score (nSPS) is 18.5. The Bertz CT molecular complexity index is 1040. The molecule has 8 heteroatoms. The van der Waals surface area contributed by atoms with Crippen LogP contribution < -0.4 is 0 Å². The number of nitrogens with zero attached hydrogens (tertiary/aromatic N) is 1. The second kappa shape index (κ2) is 6.72. The Kier molecular flexibility index (Phi) is 4.47. The highest BCUT2D eigenvalue weighted by atomic mass is 32.2. The number of hydrogen-bond donors (Lipinski definition) is 0. The largest absolute Gasteiger partial charge is 0.465 e. The van der Waals surface area contributed by atoms with Crippen LogP contribution in [0.4, 0.5) is 0 Å². The molecule has 2 aliphatic rings. The van der Waals surface area contributed by atoms with E-state index in [-0.39, 0.29) is 29.5 Å². The fraction of sp³-hybridized carbons (Fsp3) is 0.300. The molecule has 2 aromatic rings. The van der Waals surface area contributed by atoms with Crippen molar-refractivity contribution >= 4 is 22.0 Å². The van der Waals surface area contributed by atoms with E-state index in [2.05, 4.69) is 4.74 Å². The molecule has 1 spiro atoms. The van der Waals surface area contributed by atoms with Crippen LogP contribution in [0, 0.1) is 0 Å². The average molecular weight is 401 g/mol. The zero-order valence-corrected chi connectivity index (χ0v) is 16.1. The lowest BCUT2D eigenvalue weighted by atomic mass is 9.84. The van der Waals surface area contributed by atoms with Crippen molar-refractivity contribution in [2.75, 3.05) is 20.2 Å². The SMILES string of the molecule is COC(=O)c1ccc(S(=O)(=O)N2CCC3(CC2)OC(=O)c2ccccc23)cc1. The highest BCUT2D eigenvalue weighted by molar-refractivity contribution is 7.89. The zero-order chi connectivity index (χ0) is 19.9. The van der Waals surface area contributed by atoms with Crippen molar-refractivity contribution in [2.24, 2.45) is 0 Å². The van der Waals surface area contributed by atoms with Gasteiger partial charge in [0.2, 0.25) is 10.0 Å². The summed E-state index contributed by atoms with van der Waals surface area (Å²) in [5.74, 6) is -0.879. The lowest BCUT2D eigenvalue weighted by Gasteiger charge is -2.37. The number of hydrogen-bond acceptors (Lipinski definition) is 6. The van der Waals surface area contributed by atoms with Crippen molar-refractivity contribution in [3.8, 4) is 0 Å². The van der Waals surface area contributed by atoms with Gasteiger partial charge in [-0.2, -0.15) is 4.31 Å². The monoisotopic (exact) mass is 401 g/mol. The zero-order valence-electron chi connectivity index (χ0n) is 15.3. The summed E-state index contributed by atoms with van der Waals surface area (Å²) in [6.07, 6.45) is 0.796. The molecule has 0 unspecified atom stereocenters. The molecule has 2 aliphatic heterocycles. The van der Waals surface area contributed by atoms with Crippen molar-refractivity contribution in [1.29, 1.82) is 0 Å². The maximum absolute atomic E-state index is 13.0. The van der Waals surface area contributed by atoms with Crippen molar-refractivity contribution in [1.82, 2.24) is 4.31 Å². The van der Waals surface area contributed by atoms with Gasteiger partial charge in [0.15, 0.2) is 0 Å². The van der Waals surface area contributed by atoms with E-state index in [9.17, 15) is 18.0 Å². The molecule has 0 N–H and O–H groups in total. The molecule has 0 aliphatic carbocycles. The molecule has 2 aromatic carbocycles. The van der Waals surface area contributed by atoms with Crippen LogP contribution in [0.3, 0.4) is 0 Å². The lowest BCUT2D eigenvalue weighted by Crippen LogP contribution is -2.45. The molecule has 0 amide bonds. The summed E-state index contributed by atoms with van der Waals surface area (Å²) in [4.78, 5) is 23.8. The highest BCUT2D eigenvalue weighted by Gasteiger charge is 2.48. The first-order valence-corrected chi connectivity index (χ1v) is 10.3. The maximum atomic E-state index is 13.0. The van der Waals surface area contributed by atoms with E-state index in [1.54, 1.807) is 12.1 Å². The van der Waals surface area contributed by atoms with E-state index in [1.807, 2.05) is 12.1 Å². The number of methoxy groups -OCH3 is 1. The van der Waals surface area contributed by atoms with Crippen LogP contribution >= 0.6 is 0 Å². The molecule has 0 atom stereocenters. The molecular weight excluding hydrogens is 382 g/mol. The smallest absolute Gasteiger partial charge is 0.339 e. The maximum Gasteiger partial charge on any atom is 0.339 e. The summed E-state index contributed by atoms with van der Waals surface area (Å²) in [6.45, 7) is 0.478. The van der Waals surface area contributed by atoms with Gasteiger partial charge < -0.3 is 9.47 Å². The first kappa shape index (κ1) is 18.6. The standard InChI is InChI=1S/C20H19NO6S/c1-26-18(22)14-6-8-15(9-7-14)28(24,25)21-12-10-20(11-13-21)17-5-3-2-4-16(17)19(23)27-20/h2-9H,10-13H2,1H3. The van der Waals surface area contributed by atoms with Gasteiger partial charge in [-0.3, -0.25) is 0 Å². The van der Waals surface area contributed by atoms with Gasteiger partial charge in [-0.15, -0.1) is 0 Å². The Morgan fingerprint density at radius 3 is 2.36 bits per heavy atom. The predicted molar refractivity (Wildman–Crippen MR) is 99.3 cm³/mol. The molecule has 7 nitrogen and oxygen atoms in total. The fourth-order valence-electron chi connectivity index (χ4n) is 3.83. The molecule has 2 heterocycles. The van der Waals surface area contributed by atoms with Gasteiger partial charge in [-0.25, -0.2) is 18.0 Å². The number of piperidine rings is 1. The van der Waals surface area contributed by atoms with Gasteiger partial charge in [-0.1, -0.05) is 18.2 Å². The third-order valence-corrected chi connectivity index (χ3v) is 7.28. The number of carbonyl (C=O) groups excluding carboxylic acids is 2. The molecule has 0 saturated carbocycles. The van der Waals surface area contributed by atoms with Crippen LogP contribution in [0.2, 0.25) is 0 Å². The Hall–Kier alpha value is -2.71. The van der Waals surface area contributed by atoms with Crippen LogP contribution in [0.25, 0.3) is 0 Å². The van der Waals surface area contributed by atoms with E-state index in [4.69, 9.17) is 4.74 Å². The van der Waals surface area contributed by atoms with Crippen molar-refractivity contribution in [3.05, 3.63) is 65.2 Å². The number of sulfonamides is 1. The minimum Gasteiger partial charge on any atom is -0.465 e. The van der Waals surface area contributed by atoms with Gasteiger partial charge in [0.05, 0.1) is 23.1 Å². The number of rotatable bonds is 3. The quantitative estimate of drug-likeness (QED) is 0.734. The predicted octanol–water partition coefficient (Wildman–Crippen LogP) is 2.32. The fourth-order valence-corrected chi connectivity index (χ4v) is 5.28. The van der Waals surface area contributed by atoms with Crippen LogP contribution in [0.5, 0.6) is 0 Å². The van der Waals surface area contributed by atoms with E-state index in [1.165, 1.54) is 35.7 Å². The highest BCUT2D eigenvalue weighted by Crippen LogP contribution is 2.44. The minimum atomic E-state index is -3.71. The summed E-state index contributed by atoms with van der Waals surface area (Å²) in [6, 6.07) is 12.9. The van der Waals surface area contributed by atoms with E-state index in [0.717, 1.165) is 5.56 Å². The molecular formula is C20H19NO6S. The number of ether oxygens (including phenoxy) is 2. The van der Waals surface area contributed by atoms with E-state index in [0.29, 0.717) is 18.4 Å². The Morgan fingerprint density at radius 1 is 1.07 bits per heavy atom. The lowest BCUT2D eigenvalue weighted by molar-refractivity contribution is -0.0329. The Balaban J connectivity index is 1.54. The molecule has 4 rings (SSSR count). The van der Waals surface area contributed by atoms with Gasteiger partial charge in [0, 0.05) is 31.5 Å². The third kappa shape index (κ3) is 2.89. The molecule has 0 aromatic heterocycles. The van der Waals surface area contributed by atoms with Crippen molar-refractivity contribution in [2.45, 2.75) is 23.3 Å². The topological polar surface area (TPSA) is 90.0 Å². The first-order chi connectivity index (χ1) is 13.4. The summed E-state index contributed by atoms with van der Waals surface area (Å²) in [7, 11) is -2.44. The van der Waals surface area contributed by atoms with Crippen molar-refractivity contribution in [3.63, 3.8) is 0 Å². The summed E-state index contributed by atoms with van der Waals surface area (Å²) >= 11 is 0. The molecule has 0 bridgehead atoms. The summed E-state index contributed by atoms with van der Waals surface area (Å²) in [5.41, 5.74) is 0.916. The van der Waals surface area contributed by atoms with Gasteiger partial charge >= 0.3 is 11.9 Å². The van der Waals surface area contributed by atoms with Crippen LogP contribution in [-0.2, 0) is 25.1 Å². The average Bonchev–Trinajstić information content (AvgIpc) is 2.99. The van der Waals surface area contributed by atoms with Gasteiger partial charge in [-0.05, 0) is 30.3 Å².